The number of anilines is 2. The van der Waals surface area contributed by atoms with Gasteiger partial charge in [-0.05, 0) is 50.7 Å². The van der Waals surface area contributed by atoms with Crippen LogP contribution < -0.4 is 20.1 Å². The van der Waals surface area contributed by atoms with Gasteiger partial charge in [-0.1, -0.05) is 48.5 Å². The van der Waals surface area contributed by atoms with Crippen LogP contribution in [0.15, 0.2) is 72.0 Å². The van der Waals surface area contributed by atoms with Gasteiger partial charge in [0.25, 0.3) is 0 Å². The van der Waals surface area contributed by atoms with E-state index >= 15 is 0 Å². The first-order valence-corrected chi connectivity index (χ1v) is 15.0. The average Bonchev–Trinajstić information content (AvgIpc) is 3.02. The van der Waals surface area contributed by atoms with E-state index in [0.717, 1.165) is 47.4 Å². The number of nitrogens with zero attached hydrogens (tertiary/aromatic N) is 5. The van der Waals surface area contributed by atoms with Crippen LogP contribution in [0.5, 0.6) is 11.5 Å². The molecule has 0 spiro atoms. The third kappa shape index (κ3) is 8.02. The van der Waals surface area contributed by atoms with Crippen molar-refractivity contribution in [3.8, 4) is 11.5 Å². The summed E-state index contributed by atoms with van der Waals surface area (Å²) in [6, 6.07) is 20.7. The van der Waals surface area contributed by atoms with Crippen molar-refractivity contribution in [3.05, 3.63) is 83.7 Å². The third-order valence-electron chi connectivity index (χ3n) is 7.71. The molecule has 5 rings (SSSR count). The Hall–Kier alpha value is -4.25. The van der Waals surface area contributed by atoms with Gasteiger partial charge in [0.15, 0.2) is 11.5 Å². The van der Waals surface area contributed by atoms with Crippen molar-refractivity contribution >= 4 is 28.4 Å². The van der Waals surface area contributed by atoms with Crippen LogP contribution in [0.4, 0.5) is 11.5 Å². The molecule has 3 aromatic carbocycles. The Kier molecular flexibility index (Phi) is 10.6. The summed E-state index contributed by atoms with van der Waals surface area (Å²) in [5.41, 5.74) is 5.29. The van der Waals surface area contributed by atoms with Gasteiger partial charge in [-0.25, -0.2) is 9.97 Å². The minimum Gasteiger partial charge on any atom is -0.493 e. The van der Waals surface area contributed by atoms with Gasteiger partial charge in [0, 0.05) is 36.8 Å². The highest BCUT2D eigenvalue weighted by atomic mass is 16.5. The molecular weight excluding hydrogens is 554 g/mol. The van der Waals surface area contributed by atoms with Crippen molar-refractivity contribution < 1.29 is 14.2 Å². The van der Waals surface area contributed by atoms with E-state index in [1.54, 1.807) is 13.4 Å². The highest BCUT2D eigenvalue weighted by Crippen LogP contribution is 2.34. The van der Waals surface area contributed by atoms with E-state index in [-0.39, 0.29) is 6.04 Å². The van der Waals surface area contributed by atoms with Gasteiger partial charge < -0.3 is 29.7 Å². The lowest BCUT2D eigenvalue weighted by atomic mass is 10.1. The van der Waals surface area contributed by atoms with E-state index in [4.69, 9.17) is 19.2 Å². The van der Waals surface area contributed by atoms with Crippen molar-refractivity contribution in [1.82, 2.24) is 19.8 Å². The molecule has 10 heteroatoms. The van der Waals surface area contributed by atoms with Gasteiger partial charge in [-0.15, -0.1) is 0 Å². The van der Waals surface area contributed by atoms with Crippen LogP contribution in [0.25, 0.3) is 10.9 Å². The van der Waals surface area contributed by atoms with E-state index in [0.29, 0.717) is 49.6 Å². The number of ether oxygens (including phenoxy) is 3. The van der Waals surface area contributed by atoms with Gasteiger partial charge in [-0.3, -0.25) is 9.89 Å². The van der Waals surface area contributed by atoms with E-state index in [2.05, 4.69) is 86.7 Å². The van der Waals surface area contributed by atoms with Gasteiger partial charge >= 0.3 is 0 Å². The summed E-state index contributed by atoms with van der Waals surface area (Å²) in [6.07, 6.45) is 1.55. The van der Waals surface area contributed by atoms with Crippen LogP contribution in [-0.2, 0) is 11.3 Å². The number of aromatic nitrogens is 2. The second kappa shape index (κ2) is 15.0. The molecule has 1 unspecified atom stereocenters. The Morgan fingerprint density at radius 3 is 2.57 bits per heavy atom. The average molecular weight is 598 g/mol. The number of morpholine rings is 1. The monoisotopic (exact) mass is 597 g/mol. The van der Waals surface area contributed by atoms with E-state index in [1.807, 2.05) is 32.3 Å². The molecule has 1 atom stereocenters. The number of aryl methyl sites for hydroxylation is 2. The predicted molar refractivity (Wildman–Crippen MR) is 177 cm³/mol. The lowest BCUT2D eigenvalue weighted by Crippen LogP contribution is -2.48. The number of aliphatic imine (C=N–C) groups is 1. The molecular formula is C34H43N7O3. The summed E-state index contributed by atoms with van der Waals surface area (Å²) >= 11 is 0. The lowest BCUT2D eigenvalue weighted by Gasteiger charge is -2.35. The molecule has 1 aliphatic heterocycles. The number of benzene rings is 3. The summed E-state index contributed by atoms with van der Waals surface area (Å²) in [6.45, 7) is 9.10. The van der Waals surface area contributed by atoms with Crippen LogP contribution in [0.3, 0.4) is 0 Å². The molecule has 1 fully saturated rings. The lowest BCUT2D eigenvalue weighted by molar-refractivity contribution is -0.0276. The first kappa shape index (κ1) is 31.2. The number of likely N-dealkylation sites (N-methyl/N-ethyl adjacent to an activating group) is 1. The quantitative estimate of drug-likeness (QED) is 0.183. The number of rotatable bonds is 11. The van der Waals surface area contributed by atoms with Crippen molar-refractivity contribution in [3.63, 3.8) is 0 Å². The molecule has 2 heterocycles. The topological polar surface area (TPSA) is 96.4 Å². The first-order valence-electron chi connectivity index (χ1n) is 15.0. The van der Waals surface area contributed by atoms with E-state index < -0.39 is 0 Å². The number of guanidine groups is 1. The third-order valence-corrected chi connectivity index (χ3v) is 7.71. The Bertz CT molecular complexity index is 1540. The maximum absolute atomic E-state index is 6.38. The number of hydrogen-bond donors (Lipinski definition) is 2. The molecule has 1 aromatic heterocycles. The molecule has 0 bridgehead atoms. The zero-order valence-electron chi connectivity index (χ0n) is 26.3. The maximum atomic E-state index is 6.38. The smallest absolute Gasteiger partial charge is 0.201 e. The van der Waals surface area contributed by atoms with Crippen molar-refractivity contribution in [2.45, 2.75) is 26.4 Å². The fraction of sp³-hybridized carbons (Fsp3) is 0.382. The summed E-state index contributed by atoms with van der Waals surface area (Å²) in [4.78, 5) is 18.5. The molecule has 4 aromatic rings. The fourth-order valence-corrected chi connectivity index (χ4v) is 5.20. The summed E-state index contributed by atoms with van der Waals surface area (Å²) in [5.74, 6) is 2.47. The van der Waals surface area contributed by atoms with Gasteiger partial charge in [0.1, 0.15) is 18.8 Å². The zero-order chi connectivity index (χ0) is 30.9. The van der Waals surface area contributed by atoms with Crippen LogP contribution >= 0.6 is 0 Å². The van der Waals surface area contributed by atoms with Gasteiger partial charge in [0.05, 0.1) is 38.4 Å². The number of hydrogen-bond acceptors (Lipinski definition) is 8. The second-order valence-electron chi connectivity index (χ2n) is 11.3. The largest absolute Gasteiger partial charge is 0.493 e. The summed E-state index contributed by atoms with van der Waals surface area (Å²) in [5, 5.41) is 7.74. The van der Waals surface area contributed by atoms with Gasteiger partial charge in [0.2, 0.25) is 5.96 Å². The van der Waals surface area contributed by atoms with Crippen LogP contribution in [0.2, 0.25) is 0 Å². The molecule has 1 aliphatic rings. The first-order chi connectivity index (χ1) is 21.4. The van der Waals surface area contributed by atoms with Crippen molar-refractivity contribution in [1.29, 1.82) is 0 Å². The molecule has 2 N–H and O–H groups in total. The Morgan fingerprint density at radius 2 is 1.82 bits per heavy atom. The second-order valence-corrected chi connectivity index (χ2v) is 11.3. The van der Waals surface area contributed by atoms with Gasteiger partial charge in [-0.2, -0.15) is 0 Å². The molecule has 0 saturated carbocycles. The number of methoxy groups -OCH3 is 1. The number of nitrogens with one attached hydrogen (secondary N) is 2. The molecule has 44 heavy (non-hydrogen) atoms. The van der Waals surface area contributed by atoms with E-state index in [1.165, 1.54) is 5.56 Å². The van der Waals surface area contributed by atoms with Crippen molar-refractivity contribution in [2.75, 3.05) is 71.3 Å². The summed E-state index contributed by atoms with van der Waals surface area (Å²) in [7, 11) is 5.72. The van der Waals surface area contributed by atoms with E-state index in [9.17, 15) is 0 Å². The Morgan fingerprint density at radius 1 is 1.02 bits per heavy atom. The maximum Gasteiger partial charge on any atom is 0.201 e. The molecule has 0 amide bonds. The standard InChI is InChI=1S/C34H43N7O3/c1-24-10-9-11-25(2)32(24)38-34(35-14-15-40(3)4)39-33-28-18-30(42-5)31(19-29(28)36-23-37-33)44-22-27-21-43-17-16-41(27)20-26-12-7-6-8-13-26/h6-13,18-19,23,27H,14-17,20-22H2,1-5H3,(H2,35,36,37,38,39). The Labute approximate surface area is 260 Å². The molecule has 0 radical (unpaired) electrons. The molecule has 10 nitrogen and oxygen atoms in total. The number of fused-ring (bicyclic) bond motifs is 1. The predicted octanol–water partition coefficient (Wildman–Crippen LogP) is 4.98. The fourth-order valence-electron chi connectivity index (χ4n) is 5.20. The zero-order valence-corrected chi connectivity index (χ0v) is 26.3. The minimum absolute atomic E-state index is 0.115. The molecule has 0 aliphatic carbocycles. The highest BCUT2D eigenvalue weighted by molar-refractivity contribution is 6.08. The molecule has 1 saturated heterocycles. The van der Waals surface area contributed by atoms with Crippen molar-refractivity contribution in [2.24, 2.45) is 4.99 Å². The SMILES string of the molecule is COc1cc2c(NC(=NCCN(C)C)Nc3c(C)cccc3C)ncnc2cc1OCC1COCCN1Cc1ccccc1. The molecule has 232 valence electrons. The Balaban J connectivity index is 1.37. The highest BCUT2D eigenvalue weighted by Gasteiger charge is 2.25. The minimum atomic E-state index is 0.115. The normalized spacial score (nSPS) is 15.9. The summed E-state index contributed by atoms with van der Waals surface area (Å²) < 4.78 is 18.0. The van der Waals surface area contributed by atoms with Crippen LogP contribution in [-0.4, -0.2) is 92.4 Å². The van der Waals surface area contributed by atoms with Crippen LogP contribution in [0, 0.1) is 13.8 Å². The van der Waals surface area contributed by atoms with Crippen LogP contribution in [0.1, 0.15) is 16.7 Å². The number of para-hydroxylation sites is 1.